The molecule has 0 aliphatic heterocycles. The predicted octanol–water partition coefficient (Wildman–Crippen LogP) is 2.99. The van der Waals surface area contributed by atoms with Crippen molar-refractivity contribution >= 4 is 5.97 Å². The average molecular weight is 252 g/mol. The van der Waals surface area contributed by atoms with Crippen molar-refractivity contribution in [3.05, 3.63) is 24.3 Å². The van der Waals surface area contributed by atoms with E-state index in [1.54, 1.807) is 0 Å². The highest BCUT2D eigenvalue weighted by Gasteiger charge is 2.23. The van der Waals surface area contributed by atoms with Gasteiger partial charge >= 0.3 is 5.97 Å². The highest BCUT2D eigenvalue weighted by Crippen LogP contribution is 2.29. The summed E-state index contributed by atoms with van der Waals surface area (Å²) >= 11 is 0. The van der Waals surface area contributed by atoms with Crippen LogP contribution in [0.3, 0.4) is 0 Å². The molecule has 1 aliphatic rings. The zero-order valence-electron chi connectivity index (χ0n) is 11.2. The fraction of sp³-hybridized carbons (Fsp3) is 0.667. The quantitative estimate of drug-likeness (QED) is 0.449. The van der Waals surface area contributed by atoms with E-state index in [0.717, 1.165) is 38.0 Å². The second-order valence-corrected chi connectivity index (χ2v) is 4.96. The molecule has 0 unspecified atom stereocenters. The van der Waals surface area contributed by atoms with Gasteiger partial charge in [-0.15, -0.1) is 0 Å². The van der Waals surface area contributed by atoms with Crippen molar-refractivity contribution in [1.82, 2.24) is 0 Å². The van der Waals surface area contributed by atoms with Crippen molar-refractivity contribution in [2.75, 3.05) is 6.61 Å². The Morgan fingerprint density at radius 1 is 1.39 bits per heavy atom. The lowest BCUT2D eigenvalue weighted by Gasteiger charge is -2.28. The Bertz CT molecular complexity index is 299. The molecule has 1 fully saturated rings. The van der Waals surface area contributed by atoms with E-state index in [-0.39, 0.29) is 18.3 Å². The summed E-state index contributed by atoms with van der Waals surface area (Å²) in [5, 5.41) is 8.79. The maximum atomic E-state index is 11.4. The van der Waals surface area contributed by atoms with Crippen LogP contribution in [0.25, 0.3) is 0 Å². The first-order chi connectivity index (χ1) is 8.67. The largest absolute Gasteiger partial charge is 0.459 e. The van der Waals surface area contributed by atoms with Gasteiger partial charge in [-0.25, -0.2) is 4.79 Å². The van der Waals surface area contributed by atoms with Gasteiger partial charge in [0.1, 0.15) is 6.10 Å². The van der Waals surface area contributed by atoms with Crippen LogP contribution in [0, 0.1) is 5.92 Å². The van der Waals surface area contributed by atoms with Crippen LogP contribution in [0.5, 0.6) is 0 Å². The van der Waals surface area contributed by atoms with Gasteiger partial charge in [0.15, 0.2) is 0 Å². The van der Waals surface area contributed by atoms with Crippen molar-refractivity contribution < 1.29 is 14.6 Å². The van der Waals surface area contributed by atoms with Crippen LogP contribution in [-0.4, -0.2) is 23.8 Å². The molecular formula is C15H24O3. The van der Waals surface area contributed by atoms with Gasteiger partial charge in [0.2, 0.25) is 0 Å². The zero-order valence-corrected chi connectivity index (χ0v) is 11.2. The van der Waals surface area contributed by atoms with Gasteiger partial charge in [0, 0.05) is 0 Å². The number of hydrogen-bond donors (Lipinski definition) is 1. The van der Waals surface area contributed by atoms with Gasteiger partial charge in [-0.3, -0.25) is 0 Å². The molecule has 0 heterocycles. The molecule has 102 valence electrons. The van der Waals surface area contributed by atoms with Crippen LogP contribution < -0.4 is 0 Å². The van der Waals surface area contributed by atoms with E-state index in [9.17, 15) is 4.79 Å². The molecule has 0 spiro atoms. The minimum Gasteiger partial charge on any atom is -0.459 e. The molecule has 0 atom stereocenters. The molecule has 0 bridgehead atoms. The van der Waals surface area contributed by atoms with Crippen molar-refractivity contribution in [2.24, 2.45) is 5.92 Å². The zero-order chi connectivity index (χ0) is 13.4. The highest BCUT2D eigenvalue weighted by molar-refractivity contribution is 5.88. The van der Waals surface area contributed by atoms with Crippen LogP contribution in [0.4, 0.5) is 0 Å². The first-order valence-electron chi connectivity index (χ1n) is 6.78. The van der Waals surface area contributed by atoms with Crippen LogP contribution in [0.15, 0.2) is 24.3 Å². The molecule has 0 amide bonds. The average Bonchev–Trinajstić information content (AvgIpc) is 2.40. The monoisotopic (exact) mass is 252 g/mol. The topological polar surface area (TPSA) is 46.5 Å². The van der Waals surface area contributed by atoms with Crippen LogP contribution >= 0.6 is 0 Å². The third-order valence-corrected chi connectivity index (χ3v) is 3.52. The van der Waals surface area contributed by atoms with Gasteiger partial charge in [-0.2, -0.15) is 0 Å². The molecule has 3 nitrogen and oxygen atoms in total. The second kappa shape index (κ2) is 8.09. The maximum Gasteiger partial charge on any atom is 0.336 e. The van der Waals surface area contributed by atoms with Crippen molar-refractivity contribution in [2.45, 2.75) is 51.6 Å². The molecule has 0 aromatic heterocycles. The summed E-state index contributed by atoms with van der Waals surface area (Å²) in [7, 11) is 0. The van der Waals surface area contributed by atoms with Gasteiger partial charge in [0.05, 0.1) is 12.2 Å². The van der Waals surface area contributed by atoms with E-state index >= 15 is 0 Å². The molecule has 0 radical (unpaired) electrons. The molecule has 18 heavy (non-hydrogen) atoms. The minimum atomic E-state index is -0.449. The lowest BCUT2D eigenvalue weighted by atomic mass is 9.84. The summed E-state index contributed by atoms with van der Waals surface area (Å²) in [6, 6.07) is 0. The van der Waals surface area contributed by atoms with E-state index in [2.05, 4.69) is 18.7 Å². The van der Waals surface area contributed by atoms with Gasteiger partial charge in [0.25, 0.3) is 0 Å². The van der Waals surface area contributed by atoms with Crippen LogP contribution in [0.2, 0.25) is 0 Å². The Hall–Kier alpha value is -1.09. The molecule has 1 rings (SSSR count). The SMILES string of the molecule is C=C(CO)C(=O)OC1CCC(CC/C=C/C)CC1. The molecule has 0 saturated heterocycles. The molecule has 1 aliphatic carbocycles. The first kappa shape index (κ1) is 15.0. The highest BCUT2D eigenvalue weighted by atomic mass is 16.5. The standard InChI is InChI=1S/C15H24O3/c1-3-4-5-6-13-7-9-14(10-8-13)18-15(17)12(2)11-16/h3-4,13-14,16H,2,5-11H2,1H3/b4-3+. The number of aliphatic hydroxyl groups excluding tert-OH is 1. The summed E-state index contributed by atoms with van der Waals surface area (Å²) in [4.78, 5) is 11.4. The lowest BCUT2D eigenvalue weighted by Crippen LogP contribution is -2.25. The second-order valence-electron chi connectivity index (χ2n) is 4.96. The van der Waals surface area contributed by atoms with Crippen molar-refractivity contribution in [3.8, 4) is 0 Å². The molecular weight excluding hydrogens is 228 g/mol. The summed E-state index contributed by atoms with van der Waals surface area (Å²) in [5.74, 6) is 0.312. The summed E-state index contributed by atoms with van der Waals surface area (Å²) < 4.78 is 5.31. The maximum absolute atomic E-state index is 11.4. The molecule has 1 saturated carbocycles. The number of carbonyl (C=O) groups is 1. The van der Waals surface area contributed by atoms with Gasteiger partial charge in [-0.1, -0.05) is 18.7 Å². The van der Waals surface area contributed by atoms with E-state index in [4.69, 9.17) is 9.84 Å². The Morgan fingerprint density at radius 2 is 2.06 bits per heavy atom. The number of hydrogen-bond acceptors (Lipinski definition) is 3. The number of esters is 1. The minimum absolute atomic E-state index is 0.0127. The van der Waals surface area contributed by atoms with E-state index in [1.165, 1.54) is 6.42 Å². The van der Waals surface area contributed by atoms with Crippen molar-refractivity contribution in [1.29, 1.82) is 0 Å². The Morgan fingerprint density at radius 3 is 2.61 bits per heavy atom. The van der Waals surface area contributed by atoms with Crippen LogP contribution in [0.1, 0.15) is 45.4 Å². The molecule has 0 aromatic carbocycles. The molecule has 1 N–H and O–H groups in total. The summed E-state index contributed by atoms with van der Waals surface area (Å²) in [6.45, 7) is 5.20. The Balaban J connectivity index is 2.23. The fourth-order valence-electron chi connectivity index (χ4n) is 2.34. The number of aliphatic hydroxyl groups is 1. The van der Waals surface area contributed by atoms with E-state index in [1.807, 2.05) is 6.92 Å². The smallest absolute Gasteiger partial charge is 0.336 e. The van der Waals surface area contributed by atoms with Gasteiger partial charge < -0.3 is 9.84 Å². The number of ether oxygens (including phenoxy) is 1. The third kappa shape index (κ3) is 5.05. The van der Waals surface area contributed by atoms with E-state index < -0.39 is 5.97 Å². The fourth-order valence-corrected chi connectivity index (χ4v) is 2.34. The van der Waals surface area contributed by atoms with Crippen molar-refractivity contribution in [3.63, 3.8) is 0 Å². The normalized spacial score (nSPS) is 24.1. The van der Waals surface area contributed by atoms with Crippen LogP contribution in [-0.2, 0) is 9.53 Å². The Kier molecular flexibility index (Phi) is 6.73. The molecule has 3 heteroatoms. The summed E-state index contributed by atoms with van der Waals surface area (Å²) in [6.07, 6.45) is 10.8. The molecule has 0 aromatic rings. The number of rotatable bonds is 6. The lowest BCUT2D eigenvalue weighted by molar-refractivity contribution is -0.146. The number of carbonyl (C=O) groups excluding carboxylic acids is 1. The Labute approximate surface area is 110 Å². The predicted molar refractivity (Wildman–Crippen MR) is 72.1 cm³/mol. The van der Waals surface area contributed by atoms with Gasteiger partial charge in [-0.05, 0) is 51.4 Å². The first-order valence-corrected chi connectivity index (χ1v) is 6.78. The summed E-state index contributed by atoms with van der Waals surface area (Å²) in [5.41, 5.74) is 0.144. The third-order valence-electron chi connectivity index (χ3n) is 3.52. The number of allylic oxidation sites excluding steroid dienone is 2. The van der Waals surface area contributed by atoms with E-state index in [0.29, 0.717) is 0 Å².